The minimum Gasteiger partial charge on any atom is -0.221 e. The van der Waals surface area contributed by atoms with Crippen LogP contribution in [0.5, 0.6) is 0 Å². The van der Waals surface area contributed by atoms with Crippen LogP contribution in [0.3, 0.4) is 0 Å². The SMILES string of the molecule is C.CC.Cc1ncn(-c2ccccc2)n1. The van der Waals surface area contributed by atoms with Gasteiger partial charge in [0.2, 0.25) is 0 Å². The molecule has 1 aromatic heterocycles. The highest BCUT2D eigenvalue weighted by atomic mass is 15.3. The van der Waals surface area contributed by atoms with Crippen molar-refractivity contribution in [3.05, 3.63) is 42.5 Å². The second-order valence-electron chi connectivity index (χ2n) is 2.57. The number of nitrogens with zero attached hydrogens (tertiary/aromatic N) is 3. The van der Waals surface area contributed by atoms with E-state index in [9.17, 15) is 0 Å². The Morgan fingerprint density at radius 3 is 2.13 bits per heavy atom. The first-order valence-electron chi connectivity index (χ1n) is 4.80. The summed E-state index contributed by atoms with van der Waals surface area (Å²) in [5.41, 5.74) is 1.04. The van der Waals surface area contributed by atoms with Crippen molar-refractivity contribution in [3.63, 3.8) is 0 Å². The number of aryl methyl sites for hydroxylation is 1. The molecule has 0 spiro atoms. The van der Waals surface area contributed by atoms with Crippen LogP contribution in [0.1, 0.15) is 27.1 Å². The van der Waals surface area contributed by atoms with Crippen molar-refractivity contribution in [2.75, 3.05) is 0 Å². The number of para-hydroxylation sites is 1. The topological polar surface area (TPSA) is 30.7 Å². The number of rotatable bonds is 1. The molecule has 0 N–H and O–H groups in total. The Bertz CT molecular complexity index is 365. The molecule has 0 aliphatic rings. The maximum Gasteiger partial charge on any atom is 0.147 e. The number of benzene rings is 1. The van der Waals surface area contributed by atoms with Crippen molar-refractivity contribution >= 4 is 0 Å². The molecule has 3 heteroatoms. The molecule has 82 valence electrons. The van der Waals surface area contributed by atoms with Gasteiger partial charge in [-0.2, -0.15) is 5.10 Å². The number of hydrogen-bond acceptors (Lipinski definition) is 2. The molecule has 0 fully saturated rings. The minimum absolute atomic E-state index is 0. The van der Waals surface area contributed by atoms with E-state index in [2.05, 4.69) is 10.1 Å². The van der Waals surface area contributed by atoms with Crippen LogP contribution in [0.25, 0.3) is 5.69 Å². The first-order chi connectivity index (χ1) is 6.86. The molecule has 2 aromatic rings. The summed E-state index contributed by atoms with van der Waals surface area (Å²) < 4.78 is 1.76. The first kappa shape index (κ1) is 13.4. The lowest BCUT2D eigenvalue weighted by molar-refractivity contribution is 0.863. The summed E-state index contributed by atoms with van der Waals surface area (Å²) in [6.45, 7) is 5.87. The van der Waals surface area contributed by atoms with Crippen molar-refractivity contribution in [2.45, 2.75) is 28.2 Å². The summed E-state index contributed by atoms with van der Waals surface area (Å²) in [5, 5.41) is 4.19. The van der Waals surface area contributed by atoms with Gasteiger partial charge in [-0.3, -0.25) is 0 Å². The highest BCUT2D eigenvalue weighted by Gasteiger charge is 1.95. The van der Waals surface area contributed by atoms with Gasteiger partial charge in [0.25, 0.3) is 0 Å². The fourth-order valence-corrected chi connectivity index (χ4v) is 1.05. The second-order valence-corrected chi connectivity index (χ2v) is 2.57. The first-order valence-corrected chi connectivity index (χ1v) is 4.80. The molecular weight excluding hydrogens is 186 g/mol. The van der Waals surface area contributed by atoms with Gasteiger partial charge in [-0.15, -0.1) is 0 Å². The Morgan fingerprint density at radius 1 is 1.07 bits per heavy atom. The number of aromatic nitrogens is 3. The van der Waals surface area contributed by atoms with E-state index in [0.717, 1.165) is 11.5 Å². The fourth-order valence-electron chi connectivity index (χ4n) is 1.05. The van der Waals surface area contributed by atoms with Gasteiger partial charge in [0.1, 0.15) is 12.2 Å². The van der Waals surface area contributed by atoms with Crippen molar-refractivity contribution in [1.82, 2.24) is 14.8 Å². The van der Waals surface area contributed by atoms with Gasteiger partial charge in [-0.25, -0.2) is 9.67 Å². The lowest BCUT2D eigenvalue weighted by Gasteiger charge is -1.96. The fraction of sp³-hybridized carbons (Fsp3) is 0.333. The predicted octanol–water partition coefficient (Wildman–Crippen LogP) is 3.24. The molecule has 0 aliphatic heterocycles. The minimum atomic E-state index is 0. The third kappa shape index (κ3) is 3.54. The molecule has 0 unspecified atom stereocenters. The Kier molecular flexibility index (Phi) is 6.02. The van der Waals surface area contributed by atoms with Crippen LogP contribution >= 0.6 is 0 Å². The third-order valence-electron chi connectivity index (χ3n) is 1.63. The van der Waals surface area contributed by atoms with E-state index in [-0.39, 0.29) is 7.43 Å². The van der Waals surface area contributed by atoms with E-state index in [1.165, 1.54) is 0 Å². The molecule has 3 nitrogen and oxygen atoms in total. The van der Waals surface area contributed by atoms with Crippen molar-refractivity contribution < 1.29 is 0 Å². The summed E-state index contributed by atoms with van der Waals surface area (Å²) in [6.07, 6.45) is 1.71. The van der Waals surface area contributed by atoms with Gasteiger partial charge in [0.05, 0.1) is 5.69 Å². The van der Waals surface area contributed by atoms with Crippen LogP contribution in [0.4, 0.5) is 0 Å². The molecule has 0 radical (unpaired) electrons. The summed E-state index contributed by atoms with van der Waals surface area (Å²) >= 11 is 0. The normalized spacial score (nSPS) is 8.47. The highest BCUT2D eigenvalue weighted by molar-refractivity contribution is 5.29. The number of hydrogen-bond donors (Lipinski definition) is 0. The third-order valence-corrected chi connectivity index (χ3v) is 1.63. The van der Waals surface area contributed by atoms with Crippen LogP contribution in [-0.4, -0.2) is 14.8 Å². The van der Waals surface area contributed by atoms with E-state index in [4.69, 9.17) is 0 Å². The molecule has 2 rings (SSSR count). The lowest BCUT2D eigenvalue weighted by Crippen LogP contribution is -1.93. The molecule has 0 aliphatic carbocycles. The van der Waals surface area contributed by atoms with Gasteiger partial charge in [-0.05, 0) is 19.1 Å². The van der Waals surface area contributed by atoms with Gasteiger partial charge in [0.15, 0.2) is 0 Å². The average Bonchev–Trinajstić information content (AvgIpc) is 2.69. The highest BCUT2D eigenvalue weighted by Crippen LogP contribution is 2.03. The van der Waals surface area contributed by atoms with E-state index < -0.39 is 0 Å². The van der Waals surface area contributed by atoms with E-state index >= 15 is 0 Å². The quantitative estimate of drug-likeness (QED) is 0.715. The standard InChI is InChI=1S/C9H9N3.C2H6.CH4/c1-8-10-7-12(11-8)9-5-3-2-4-6-9;1-2;/h2-7H,1H3;1-2H3;1H4. The van der Waals surface area contributed by atoms with Crippen LogP contribution in [-0.2, 0) is 0 Å². The van der Waals surface area contributed by atoms with Gasteiger partial charge < -0.3 is 0 Å². The second kappa shape index (κ2) is 6.76. The monoisotopic (exact) mass is 205 g/mol. The maximum atomic E-state index is 4.19. The molecule has 0 saturated heterocycles. The maximum absolute atomic E-state index is 4.19. The molecule has 0 bridgehead atoms. The molecule has 0 atom stereocenters. The Balaban J connectivity index is 0.000000617. The smallest absolute Gasteiger partial charge is 0.147 e. The molecule has 15 heavy (non-hydrogen) atoms. The Morgan fingerprint density at radius 2 is 1.67 bits per heavy atom. The van der Waals surface area contributed by atoms with Crippen LogP contribution in [0.2, 0.25) is 0 Å². The van der Waals surface area contributed by atoms with E-state index in [1.54, 1.807) is 11.0 Å². The zero-order valence-corrected chi connectivity index (χ0v) is 8.81. The molecular formula is C12H19N3. The average molecular weight is 205 g/mol. The lowest BCUT2D eigenvalue weighted by atomic mass is 10.3. The zero-order chi connectivity index (χ0) is 10.4. The molecule has 0 amide bonds. The van der Waals surface area contributed by atoms with Crippen LogP contribution in [0.15, 0.2) is 36.7 Å². The Labute approximate surface area is 91.8 Å². The van der Waals surface area contributed by atoms with Gasteiger partial charge in [0, 0.05) is 0 Å². The van der Waals surface area contributed by atoms with Crippen molar-refractivity contribution in [1.29, 1.82) is 0 Å². The summed E-state index contributed by atoms with van der Waals surface area (Å²) in [4.78, 5) is 4.04. The van der Waals surface area contributed by atoms with Crippen molar-refractivity contribution in [2.24, 2.45) is 0 Å². The largest absolute Gasteiger partial charge is 0.221 e. The van der Waals surface area contributed by atoms with Gasteiger partial charge in [-0.1, -0.05) is 39.5 Å². The molecule has 1 aromatic carbocycles. The van der Waals surface area contributed by atoms with E-state index in [1.807, 2.05) is 51.1 Å². The van der Waals surface area contributed by atoms with Crippen LogP contribution in [0, 0.1) is 6.92 Å². The van der Waals surface area contributed by atoms with Crippen LogP contribution < -0.4 is 0 Å². The molecule has 1 heterocycles. The summed E-state index contributed by atoms with van der Waals surface area (Å²) in [5.74, 6) is 0.791. The zero-order valence-electron chi connectivity index (χ0n) is 8.81. The molecule has 0 saturated carbocycles. The predicted molar refractivity (Wildman–Crippen MR) is 64.2 cm³/mol. The van der Waals surface area contributed by atoms with Crippen molar-refractivity contribution in [3.8, 4) is 5.69 Å². The Hall–Kier alpha value is -1.64. The van der Waals surface area contributed by atoms with E-state index in [0.29, 0.717) is 0 Å². The summed E-state index contributed by atoms with van der Waals surface area (Å²) in [6, 6.07) is 9.92. The van der Waals surface area contributed by atoms with Gasteiger partial charge >= 0.3 is 0 Å². The summed E-state index contributed by atoms with van der Waals surface area (Å²) in [7, 11) is 0.